The summed E-state index contributed by atoms with van der Waals surface area (Å²) in [6, 6.07) is 7.77. The summed E-state index contributed by atoms with van der Waals surface area (Å²) in [6.07, 6.45) is -4.60. The Kier molecular flexibility index (Phi) is 12.4. The lowest BCUT2D eigenvalue weighted by atomic mass is 9.96. The van der Waals surface area contributed by atoms with Crippen molar-refractivity contribution in [2.45, 2.75) is 96.9 Å². The zero-order chi connectivity index (χ0) is 36.1. The van der Waals surface area contributed by atoms with E-state index in [1.807, 2.05) is 19.9 Å². The second kappa shape index (κ2) is 15.9. The topological polar surface area (TPSA) is 229 Å². The van der Waals surface area contributed by atoms with Gasteiger partial charge < -0.3 is 34.9 Å². The van der Waals surface area contributed by atoms with E-state index in [4.69, 9.17) is 33.7 Å². The van der Waals surface area contributed by atoms with Crippen LogP contribution < -0.4 is 15.6 Å². The van der Waals surface area contributed by atoms with Crippen molar-refractivity contribution >= 4 is 36.8 Å². The molecule has 1 saturated heterocycles. The fraction of sp³-hybridized carbons (Fsp3) is 0.581. The second-order valence-corrected chi connectivity index (χ2v) is 14.3. The molecule has 1 fully saturated rings. The third-order valence-corrected chi connectivity index (χ3v) is 9.24. The number of ether oxygens (including phenoxy) is 4. The van der Waals surface area contributed by atoms with Crippen molar-refractivity contribution in [3.8, 4) is 5.88 Å². The van der Waals surface area contributed by atoms with Crippen molar-refractivity contribution in [2.24, 2.45) is 5.92 Å². The van der Waals surface area contributed by atoms with Crippen LogP contribution in [0.3, 0.4) is 0 Å². The highest BCUT2D eigenvalue weighted by Gasteiger charge is 2.54. The fourth-order valence-electron chi connectivity index (χ4n) is 5.14. The summed E-state index contributed by atoms with van der Waals surface area (Å²) in [4.78, 5) is 38.4. The molecule has 2 aromatic heterocycles. The van der Waals surface area contributed by atoms with Crippen molar-refractivity contribution in [2.75, 3.05) is 19.5 Å². The largest absolute Gasteiger partial charge is 0.479 e. The van der Waals surface area contributed by atoms with Crippen LogP contribution in [-0.2, 0) is 44.0 Å². The first-order chi connectivity index (χ1) is 23.0. The van der Waals surface area contributed by atoms with Crippen LogP contribution >= 0.6 is 7.75 Å². The van der Waals surface area contributed by atoms with Gasteiger partial charge in [0.25, 0.3) is 0 Å². The molecule has 7 atom stereocenters. The maximum absolute atomic E-state index is 14.4. The summed E-state index contributed by atoms with van der Waals surface area (Å²) in [6.45, 7) is 9.01. The minimum atomic E-state index is -4.59. The highest BCUT2D eigenvalue weighted by molar-refractivity contribution is 7.51. The number of carbonyl (C=O) groups excluding carboxylic acids is 2. The van der Waals surface area contributed by atoms with Gasteiger partial charge in [0.1, 0.15) is 30.5 Å². The summed E-state index contributed by atoms with van der Waals surface area (Å²) in [7, 11) is -3.21. The molecule has 0 amide bonds. The molecule has 0 bridgehead atoms. The SMILES string of the molecule is COc1nc(N)nc2c1ncn2[C@@H]1O[C@H](COP(=O)(N[C@@H](CC(C)C)C(=O)OC(C)C)OC(C)C(=O)OCc2ccccc2)[C@@H](O)[C@@]1(C)O. The van der Waals surface area contributed by atoms with E-state index in [1.165, 1.54) is 31.9 Å². The standard InChI is InChI=1S/C31H45N6O11P/c1-17(2)13-21(28(40)46-18(3)4)36-49(42,48-19(5)27(39)44-14-20-11-9-8-10-12-20)45-15-22-24(38)31(6,41)29(47-22)37-16-33-23-25(37)34-30(32)35-26(23)43-7/h8-12,16-19,21-22,24,29,38,41H,13-15H2,1-7H3,(H,36,42)(H2,32,34,35)/t19?,21-,22+,24+,29+,31+,49?/m0/s1. The lowest BCUT2D eigenvalue weighted by molar-refractivity contribution is -0.153. The minimum absolute atomic E-state index is 0.0590. The molecule has 5 N–H and O–H groups in total. The number of imidazole rings is 1. The average Bonchev–Trinajstić information content (AvgIpc) is 3.54. The lowest BCUT2D eigenvalue weighted by Crippen LogP contribution is -2.45. The van der Waals surface area contributed by atoms with Crippen LogP contribution in [0.5, 0.6) is 5.88 Å². The van der Waals surface area contributed by atoms with Gasteiger partial charge in [-0.15, -0.1) is 0 Å². The van der Waals surface area contributed by atoms with Gasteiger partial charge in [-0.2, -0.15) is 9.97 Å². The van der Waals surface area contributed by atoms with Crippen molar-refractivity contribution in [1.29, 1.82) is 0 Å². The van der Waals surface area contributed by atoms with Gasteiger partial charge in [0.05, 0.1) is 26.1 Å². The number of aliphatic hydroxyl groups is 2. The number of methoxy groups -OCH3 is 1. The zero-order valence-corrected chi connectivity index (χ0v) is 29.4. The van der Waals surface area contributed by atoms with E-state index in [0.717, 1.165) is 5.56 Å². The molecule has 1 aliphatic heterocycles. The summed E-state index contributed by atoms with van der Waals surface area (Å²) in [5, 5.41) is 25.2. The number of rotatable bonds is 16. The Balaban J connectivity index is 1.57. The predicted octanol–water partition coefficient (Wildman–Crippen LogP) is 2.66. The Morgan fingerprint density at radius 3 is 2.47 bits per heavy atom. The third kappa shape index (κ3) is 9.30. The van der Waals surface area contributed by atoms with E-state index in [0.29, 0.717) is 0 Å². The van der Waals surface area contributed by atoms with Crippen LogP contribution in [-0.4, -0.2) is 91.4 Å². The number of carbonyl (C=O) groups is 2. The van der Waals surface area contributed by atoms with Gasteiger partial charge in [-0.05, 0) is 45.6 Å². The van der Waals surface area contributed by atoms with Crippen LogP contribution in [0.1, 0.15) is 59.8 Å². The van der Waals surface area contributed by atoms with Crippen LogP contribution in [0.15, 0.2) is 36.7 Å². The van der Waals surface area contributed by atoms with Gasteiger partial charge in [0.15, 0.2) is 23.5 Å². The number of esters is 2. The molecule has 0 aliphatic carbocycles. The van der Waals surface area contributed by atoms with Crippen LogP contribution in [0.25, 0.3) is 11.2 Å². The first-order valence-corrected chi connectivity index (χ1v) is 17.3. The molecule has 270 valence electrons. The molecule has 0 spiro atoms. The van der Waals surface area contributed by atoms with E-state index in [2.05, 4.69) is 20.0 Å². The molecule has 4 rings (SSSR count). The van der Waals surface area contributed by atoms with Gasteiger partial charge in [-0.25, -0.2) is 19.4 Å². The van der Waals surface area contributed by atoms with Crippen LogP contribution in [0, 0.1) is 5.92 Å². The number of hydrogen-bond donors (Lipinski definition) is 4. The maximum Gasteiger partial charge on any atom is 0.407 e. The normalized spacial score (nSPS) is 23.4. The number of nitrogens with one attached hydrogen (secondary N) is 1. The number of fused-ring (bicyclic) bond motifs is 1. The number of hydrogen-bond acceptors (Lipinski definition) is 15. The van der Waals surface area contributed by atoms with Gasteiger partial charge in [0, 0.05) is 0 Å². The monoisotopic (exact) mass is 708 g/mol. The van der Waals surface area contributed by atoms with E-state index >= 15 is 0 Å². The van der Waals surface area contributed by atoms with Crippen LogP contribution in [0.2, 0.25) is 0 Å². The van der Waals surface area contributed by atoms with Gasteiger partial charge in [-0.1, -0.05) is 44.2 Å². The molecular formula is C31H45N6O11P. The molecule has 1 aromatic carbocycles. The molecule has 0 saturated carbocycles. The fourth-order valence-corrected chi connectivity index (χ4v) is 6.78. The summed E-state index contributed by atoms with van der Waals surface area (Å²) < 4.78 is 49.1. The Hall–Kier alpha value is -3.70. The highest BCUT2D eigenvalue weighted by Crippen LogP contribution is 2.48. The van der Waals surface area contributed by atoms with E-state index in [-0.39, 0.29) is 41.9 Å². The molecule has 2 unspecified atom stereocenters. The quantitative estimate of drug-likeness (QED) is 0.124. The van der Waals surface area contributed by atoms with Crippen molar-refractivity contribution < 1.29 is 52.4 Å². The van der Waals surface area contributed by atoms with Gasteiger partial charge in [0.2, 0.25) is 11.8 Å². The van der Waals surface area contributed by atoms with E-state index in [1.54, 1.807) is 38.1 Å². The molecule has 1 aliphatic rings. The lowest BCUT2D eigenvalue weighted by Gasteiger charge is -2.28. The van der Waals surface area contributed by atoms with E-state index < -0.39 is 68.6 Å². The molecule has 3 heterocycles. The smallest absolute Gasteiger partial charge is 0.407 e. The van der Waals surface area contributed by atoms with E-state index in [9.17, 15) is 24.4 Å². The number of aromatic nitrogens is 4. The van der Waals surface area contributed by atoms with Gasteiger partial charge >= 0.3 is 19.7 Å². The molecule has 17 nitrogen and oxygen atoms in total. The summed E-state index contributed by atoms with van der Waals surface area (Å²) in [5.41, 5.74) is 4.99. The number of benzene rings is 1. The molecule has 18 heteroatoms. The molecule has 0 radical (unpaired) electrons. The Morgan fingerprint density at radius 2 is 1.84 bits per heavy atom. The highest BCUT2D eigenvalue weighted by atomic mass is 31.2. The zero-order valence-electron chi connectivity index (χ0n) is 28.5. The first kappa shape index (κ1) is 38.1. The number of nitrogens with two attached hydrogens (primary N) is 1. The predicted molar refractivity (Wildman–Crippen MR) is 175 cm³/mol. The molecule has 3 aromatic rings. The number of aliphatic hydroxyl groups excluding tert-OH is 1. The minimum Gasteiger partial charge on any atom is -0.479 e. The van der Waals surface area contributed by atoms with Crippen molar-refractivity contribution in [3.05, 3.63) is 42.2 Å². The number of anilines is 1. The molecular weight excluding hydrogens is 663 g/mol. The average molecular weight is 709 g/mol. The summed E-state index contributed by atoms with van der Waals surface area (Å²) >= 11 is 0. The first-order valence-electron chi connectivity index (χ1n) is 15.8. The Morgan fingerprint density at radius 1 is 1.14 bits per heavy atom. The number of nitrogens with zero attached hydrogens (tertiary/aromatic N) is 4. The Bertz CT molecular complexity index is 1640. The third-order valence-electron chi connectivity index (χ3n) is 7.53. The Labute approximate surface area is 284 Å². The van der Waals surface area contributed by atoms with Gasteiger partial charge in [-0.3, -0.25) is 18.4 Å². The molecule has 49 heavy (non-hydrogen) atoms. The van der Waals surface area contributed by atoms with Crippen LogP contribution in [0.4, 0.5) is 5.95 Å². The number of nitrogen functional groups attached to an aromatic ring is 1. The maximum atomic E-state index is 14.4. The van der Waals surface area contributed by atoms with Crippen molar-refractivity contribution in [1.82, 2.24) is 24.6 Å². The summed E-state index contributed by atoms with van der Waals surface area (Å²) in [5.74, 6) is -1.65. The van der Waals surface area contributed by atoms with Crippen molar-refractivity contribution in [3.63, 3.8) is 0 Å². The second-order valence-electron chi connectivity index (χ2n) is 12.5.